The van der Waals surface area contributed by atoms with E-state index in [1.807, 2.05) is 62.4 Å². The van der Waals surface area contributed by atoms with E-state index in [2.05, 4.69) is 15.6 Å². The summed E-state index contributed by atoms with van der Waals surface area (Å²) in [6.45, 7) is 4.42. The average molecular weight is 536 g/mol. The Morgan fingerprint density at radius 3 is 2.45 bits per heavy atom. The molecule has 31 heavy (non-hydrogen) atoms. The summed E-state index contributed by atoms with van der Waals surface area (Å²) in [4.78, 5) is 16.9. The smallest absolute Gasteiger partial charge is 0.227 e. The number of guanidine groups is 1. The minimum atomic E-state index is 0. The summed E-state index contributed by atoms with van der Waals surface area (Å²) in [6, 6.07) is 15.4. The minimum absolute atomic E-state index is 0. The summed E-state index contributed by atoms with van der Waals surface area (Å²) in [5, 5.41) is 6.14. The van der Waals surface area contributed by atoms with Crippen molar-refractivity contribution in [1.29, 1.82) is 0 Å². The van der Waals surface area contributed by atoms with Gasteiger partial charge in [-0.05, 0) is 68.7 Å². The number of carbonyl (C=O) groups excluding carboxylic acids is 1. The van der Waals surface area contributed by atoms with Gasteiger partial charge < -0.3 is 21.1 Å². The van der Waals surface area contributed by atoms with Crippen molar-refractivity contribution in [2.75, 3.05) is 10.6 Å². The zero-order chi connectivity index (χ0) is 21.3. The van der Waals surface area contributed by atoms with Crippen LogP contribution in [0.15, 0.2) is 53.5 Å². The van der Waals surface area contributed by atoms with E-state index in [1.54, 1.807) is 0 Å². The Morgan fingerprint density at radius 1 is 1.06 bits per heavy atom. The van der Waals surface area contributed by atoms with Gasteiger partial charge in [0, 0.05) is 17.3 Å². The molecule has 0 spiro atoms. The third-order valence-corrected chi connectivity index (χ3v) is 5.10. The van der Waals surface area contributed by atoms with Gasteiger partial charge in [0.05, 0.1) is 12.6 Å². The first-order valence-corrected chi connectivity index (χ1v) is 10.7. The molecule has 1 fully saturated rings. The lowest BCUT2D eigenvalue weighted by atomic mass is 9.88. The van der Waals surface area contributed by atoms with E-state index in [0.29, 0.717) is 12.5 Å². The molecule has 7 heteroatoms. The van der Waals surface area contributed by atoms with E-state index < -0.39 is 0 Å². The molecule has 4 N–H and O–H groups in total. The molecule has 0 radical (unpaired) electrons. The van der Waals surface area contributed by atoms with Crippen molar-refractivity contribution in [2.45, 2.75) is 58.6 Å². The predicted octanol–water partition coefficient (Wildman–Crippen LogP) is 5.54. The van der Waals surface area contributed by atoms with E-state index in [0.717, 1.165) is 48.4 Å². The summed E-state index contributed by atoms with van der Waals surface area (Å²) in [7, 11) is 0. The number of nitrogens with zero attached hydrogens (tertiary/aromatic N) is 1. The normalized spacial score (nSPS) is 14.6. The van der Waals surface area contributed by atoms with Crippen molar-refractivity contribution in [3.05, 3.63) is 54.1 Å². The van der Waals surface area contributed by atoms with Gasteiger partial charge in [0.25, 0.3) is 0 Å². The topological polar surface area (TPSA) is 88.7 Å². The van der Waals surface area contributed by atoms with Crippen LogP contribution in [0.2, 0.25) is 0 Å². The number of carbonyl (C=O) groups is 1. The molecule has 3 rings (SSSR count). The van der Waals surface area contributed by atoms with Crippen LogP contribution in [0.1, 0.15) is 51.5 Å². The van der Waals surface area contributed by atoms with Crippen LogP contribution in [0.25, 0.3) is 0 Å². The van der Waals surface area contributed by atoms with Crippen molar-refractivity contribution in [3.63, 3.8) is 0 Å². The molecule has 1 aliphatic carbocycles. The SMILES string of the molecule is CC(C)Oc1ccc(NC(N)=NCc2cccc(NC(=O)C3CCCCC3)c2)cc1.I. The van der Waals surface area contributed by atoms with Crippen molar-refractivity contribution >= 4 is 47.2 Å². The Balaban J connectivity index is 0.00000341. The summed E-state index contributed by atoms with van der Waals surface area (Å²) in [5.74, 6) is 1.42. The van der Waals surface area contributed by atoms with E-state index in [1.165, 1.54) is 6.42 Å². The van der Waals surface area contributed by atoms with Crippen molar-refractivity contribution in [1.82, 2.24) is 0 Å². The van der Waals surface area contributed by atoms with E-state index >= 15 is 0 Å². The van der Waals surface area contributed by atoms with Gasteiger partial charge in [0.2, 0.25) is 5.91 Å². The molecule has 0 saturated heterocycles. The highest BCUT2D eigenvalue weighted by Crippen LogP contribution is 2.25. The molecule has 0 bridgehead atoms. The quantitative estimate of drug-likeness (QED) is 0.247. The Hall–Kier alpha value is -2.29. The summed E-state index contributed by atoms with van der Waals surface area (Å²) < 4.78 is 5.64. The molecule has 0 aromatic heterocycles. The van der Waals surface area contributed by atoms with E-state index in [-0.39, 0.29) is 41.9 Å². The van der Waals surface area contributed by atoms with Crippen molar-refractivity contribution < 1.29 is 9.53 Å². The van der Waals surface area contributed by atoms with Crippen LogP contribution in [-0.2, 0) is 11.3 Å². The molecule has 1 aliphatic rings. The number of anilines is 2. The molecule has 1 saturated carbocycles. The van der Waals surface area contributed by atoms with Crippen LogP contribution in [0.5, 0.6) is 5.75 Å². The molecule has 2 aromatic rings. The van der Waals surface area contributed by atoms with Gasteiger partial charge >= 0.3 is 0 Å². The summed E-state index contributed by atoms with van der Waals surface area (Å²) in [6.07, 6.45) is 5.64. The van der Waals surface area contributed by atoms with Crippen LogP contribution < -0.4 is 21.1 Å². The summed E-state index contributed by atoms with van der Waals surface area (Å²) in [5.41, 5.74) is 8.67. The molecule has 6 nitrogen and oxygen atoms in total. The Morgan fingerprint density at radius 2 is 1.77 bits per heavy atom. The molecular weight excluding hydrogens is 503 g/mol. The number of nitrogens with one attached hydrogen (secondary N) is 2. The lowest BCUT2D eigenvalue weighted by molar-refractivity contribution is -0.120. The van der Waals surface area contributed by atoms with Crippen molar-refractivity contribution in [3.8, 4) is 5.75 Å². The Kier molecular flexibility index (Phi) is 10.1. The van der Waals surface area contributed by atoms with E-state index in [4.69, 9.17) is 10.5 Å². The van der Waals surface area contributed by atoms with Gasteiger partial charge in [-0.2, -0.15) is 0 Å². The fourth-order valence-electron chi connectivity index (χ4n) is 3.61. The second-order valence-electron chi connectivity index (χ2n) is 8.04. The highest BCUT2D eigenvalue weighted by molar-refractivity contribution is 14.0. The Labute approximate surface area is 202 Å². The molecule has 0 heterocycles. The number of hydrogen-bond acceptors (Lipinski definition) is 3. The van der Waals surface area contributed by atoms with Crippen LogP contribution in [0.3, 0.4) is 0 Å². The largest absolute Gasteiger partial charge is 0.491 e. The zero-order valence-corrected chi connectivity index (χ0v) is 20.6. The highest BCUT2D eigenvalue weighted by atomic mass is 127. The fourth-order valence-corrected chi connectivity index (χ4v) is 3.61. The lowest BCUT2D eigenvalue weighted by Crippen LogP contribution is -2.24. The van der Waals surface area contributed by atoms with Crippen LogP contribution >= 0.6 is 24.0 Å². The van der Waals surface area contributed by atoms with Crippen LogP contribution in [-0.4, -0.2) is 18.0 Å². The molecule has 0 atom stereocenters. The third-order valence-electron chi connectivity index (χ3n) is 5.10. The number of ether oxygens (including phenoxy) is 1. The molecular formula is C24H33IN4O2. The number of amides is 1. The zero-order valence-electron chi connectivity index (χ0n) is 18.3. The number of halogens is 1. The number of aliphatic imine (C=N–C) groups is 1. The van der Waals surface area contributed by atoms with Gasteiger partial charge in [-0.25, -0.2) is 4.99 Å². The molecule has 2 aromatic carbocycles. The lowest BCUT2D eigenvalue weighted by Gasteiger charge is -2.20. The second-order valence-corrected chi connectivity index (χ2v) is 8.04. The number of hydrogen-bond donors (Lipinski definition) is 3. The first-order valence-electron chi connectivity index (χ1n) is 10.7. The van der Waals surface area contributed by atoms with Crippen LogP contribution in [0.4, 0.5) is 11.4 Å². The van der Waals surface area contributed by atoms with Gasteiger partial charge in [-0.3, -0.25) is 4.79 Å². The van der Waals surface area contributed by atoms with E-state index in [9.17, 15) is 4.79 Å². The minimum Gasteiger partial charge on any atom is -0.491 e. The first kappa shape index (κ1) is 25.0. The monoisotopic (exact) mass is 536 g/mol. The maximum absolute atomic E-state index is 12.5. The number of nitrogens with two attached hydrogens (primary N) is 1. The van der Waals surface area contributed by atoms with Gasteiger partial charge in [-0.15, -0.1) is 24.0 Å². The van der Waals surface area contributed by atoms with Crippen molar-refractivity contribution in [2.24, 2.45) is 16.6 Å². The third kappa shape index (κ3) is 8.40. The fraction of sp³-hybridized carbons (Fsp3) is 0.417. The second kappa shape index (κ2) is 12.5. The molecule has 168 valence electrons. The Bertz CT molecular complexity index is 862. The molecule has 1 amide bonds. The first-order chi connectivity index (χ1) is 14.5. The van der Waals surface area contributed by atoms with Gasteiger partial charge in [0.15, 0.2) is 5.96 Å². The maximum atomic E-state index is 12.5. The maximum Gasteiger partial charge on any atom is 0.227 e. The van der Waals surface area contributed by atoms with Gasteiger partial charge in [-0.1, -0.05) is 31.4 Å². The number of benzene rings is 2. The average Bonchev–Trinajstić information content (AvgIpc) is 2.74. The predicted molar refractivity (Wildman–Crippen MR) is 138 cm³/mol. The van der Waals surface area contributed by atoms with Gasteiger partial charge in [0.1, 0.15) is 5.75 Å². The van der Waals surface area contributed by atoms with Crippen LogP contribution in [0, 0.1) is 5.92 Å². The highest BCUT2D eigenvalue weighted by Gasteiger charge is 2.20. The standard InChI is InChI=1S/C24H32N4O2.HI/c1-17(2)30-22-13-11-20(12-14-22)28-24(25)26-16-18-7-6-10-21(15-18)27-23(29)19-8-4-3-5-9-19;/h6-7,10-15,17,19H,3-5,8-9,16H2,1-2H3,(H,27,29)(H3,25,26,28);1H. The summed E-state index contributed by atoms with van der Waals surface area (Å²) >= 11 is 0. The molecule has 0 unspecified atom stereocenters. The number of rotatable bonds is 7. The molecule has 0 aliphatic heterocycles.